The third-order valence-electron chi connectivity index (χ3n) is 2.90. The van der Waals surface area contributed by atoms with E-state index in [4.69, 9.17) is 4.74 Å². The first-order chi connectivity index (χ1) is 7.89. The highest BCUT2D eigenvalue weighted by Crippen LogP contribution is 2.13. The Hall–Kier alpha value is -0.140. The van der Waals surface area contributed by atoms with Gasteiger partial charge in [-0.25, -0.2) is 0 Å². The van der Waals surface area contributed by atoms with Crippen LogP contribution in [0.3, 0.4) is 0 Å². The van der Waals surface area contributed by atoms with E-state index >= 15 is 0 Å². The molecular weight excluding hydrogens is 233 g/mol. The van der Waals surface area contributed by atoms with Gasteiger partial charge in [-0.2, -0.15) is 0 Å². The third kappa shape index (κ3) is 10.7. The van der Waals surface area contributed by atoms with Gasteiger partial charge in [0.25, 0.3) is 0 Å². The Kier molecular flexibility index (Phi) is 8.81. The summed E-state index contributed by atoms with van der Waals surface area (Å²) in [4.78, 5) is 11.5. The number of nitrogens with zero attached hydrogens (tertiary/aromatic N) is 1. The molecule has 4 heteroatoms. The highest BCUT2D eigenvalue weighted by molar-refractivity contribution is 7.08. The van der Waals surface area contributed by atoms with Gasteiger partial charge in [0.05, 0.1) is 19.6 Å². The number of hydrogen-bond donors (Lipinski definition) is 0. The molecule has 17 heavy (non-hydrogen) atoms. The molecule has 0 aliphatic rings. The van der Waals surface area contributed by atoms with Gasteiger partial charge >= 0.3 is 5.97 Å². The van der Waals surface area contributed by atoms with Crippen molar-refractivity contribution in [3.05, 3.63) is 0 Å². The molecule has 102 valence electrons. The Balaban J connectivity index is 3.73. The van der Waals surface area contributed by atoms with Crippen molar-refractivity contribution in [1.29, 1.82) is 0 Å². The van der Waals surface area contributed by atoms with Crippen LogP contribution in [0.25, 0.3) is 0 Å². The van der Waals surface area contributed by atoms with Crippen LogP contribution in [0.1, 0.15) is 46.0 Å². The average Bonchev–Trinajstić information content (AvgIpc) is 2.25. The van der Waals surface area contributed by atoms with Crippen molar-refractivity contribution >= 4 is 15.4 Å². The van der Waals surface area contributed by atoms with Crippen LogP contribution in [0, 0.1) is 5.92 Å². The van der Waals surface area contributed by atoms with Crippen molar-refractivity contribution in [3.63, 3.8) is 0 Å². The van der Waals surface area contributed by atoms with Gasteiger partial charge in [-0.05, 0) is 12.3 Å². The van der Waals surface area contributed by atoms with Gasteiger partial charge in [-0.1, -0.05) is 33.1 Å². The average molecular weight is 261 g/mol. The molecule has 1 atom stereocenters. The number of carbonyl (C=O) groups excluding carboxylic acids is 1. The number of rotatable bonds is 9. The van der Waals surface area contributed by atoms with Crippen molar-refractivity contribution in [2.45, 2.75) is 46.0 Å². The molecule has 0 spiro atoms. The molecule has 3 nitrogen and oxygen atoms in total. The lowest BCUT2D eigenvalue weighted by atomic mass is 10.0. The lowest BCUT2D eigenvalue weighted by Crippen LogP contribution is -2.30. The van der Waals surface area contributed by atoms with Crippen LogP contribution >= 0.6 is 9.39 Å². The van der Waals surface area contributed by atoms with E-state index in [0.717, 1.165) is 13.0 Å². The van der Waals surface area contributed by atoms with E-state index in [0.29, 0.717) is 23.2 Å². The molecule has 0 fully saturated rings. The zero-order valence-corrected chi connectivity index (χ0v) is 12.8. The molecule has 0 saturated heterocycles. The van der Waals surface area contributed by atoms with Crippen molar-refractivity contribution in [2.75, 3.05) is 27.2 Å². The van der Waals surface area contributed by atoms with Crippen molar-refractivity contribution < 1.29 is 13.8 Å². The number of esters is 1. The molecule has 0 aliphatic carbocycles. The van der Waals surface area contributed by atoms with E-state index in [2.05, 4.69) is 23.2 Å². The predicted octanol–water partition coefficient (Wildman–Crippen LogP) is 3.27. The quantitative estimate of drug-likeness (QED) is 0.470. The van der Waals surface area contributed by atoms with Crippen LogP contribution in [0.4, 0.5) is 0 Å². The summed E-state index contributed by atoms with van der Waals surface area (Å²) in [5.41, 5.74) is 0. The SMILES string of the molecule is CCCCC(CC)COC(=O)CC[N+](C)(C)[PH-]. The zero-order chi connectivity index (χ0) is 13.3. The van der Waals surface area contributed by atoms with Gasteiger partial charge in [-0.3, -0.25) is 14.2 Å². The molecule has 0 rings (SSSR count). The summed E-state index contributed by atoms with van der Waals surface area (Å²) in [6.45, 7) is 5.69. The number of unbranched alkanes of at least 4 members (excludes halogenated alkanes) is 1. The topological polar surface area (TPSA) is 26.3 Å². The third-order valence-corrected chi connectivity index (χ3v) is 3.12. The maximum Gasteiger partial charge on any atom is 0.311 e. The molecule has 0 aromatic rings. The fourth-order valence-corrected chi connectivity index (χ4v) is 1.66. The van der Waals surface area contributed by atoms with Crippen molar-refractivity contribution in [1.82, 2.24) is 0 Å². The molecule has 0 aromatic heterocycles. The van der Waals surface area contributed by atoms with Gasteiger partial charge in [-0.15, -0.1) is 0 Å². The van der Waals surface area contributed by atoms with Gasteiger partial charge in [0.15, 0.2) is 0 Å². The summed E-state index contributed by atoms with van der Waals surface area (Å²) in [5, 5.41) is 0. The van der Waals surface area contributed by atoms with Crippen molar-refractivity contribution in [2.24, 2.45) is 5.92 Å². The molecule has 0 amide bonds. The lowest BCUT2D eigenvalue weighted by Gasteiger charge is -2.34. The van der Waals surface area contributed by atoms with Gasteiger partial charge in [0, 0.05) is 14.1 Å². The van der Waals surface area contributed by atoms with Crippen LogP contribution in [-0.4, -0.2) is 37.5 Å². The fraction of sp³-hybridized carbons (Fsp3) is 0.923. The summed E-state index contributed by atoms with van der Waals surface area (Å²) in [7, 11) is 7.52. The second-order valence-corrected chi connectivity index (χ2v) is 6.47. The molecule has 0 N–H and O–H groups in total. The summed E-state index contributed by atoms with van der Waals surface area (Å²) in [5.74, 6) is 0.453. The number of carbonyl (C=O) groups is 1. The highest BCUT2D eigenvalue weighted by Gasteiger charge is 2.11. The summed E-state index contributed by atoms with van der Waals surface area (Å²) >= 11 is 0. The predicted molar refractivity (Wildman–Crippen MR) is 74.2 cm³/mol. The number of hydrogen-bond acceptors (Lipinski definition) is 2. The van der Waals surface area contributed by atoms with Gasteiger partial charge in [0.2, 0.25) is 0 Å². The normalized spacial score (nSPS) is 13.5. The van der Waals surface area contributed by atoms with E-state index in [9.17, 15) is 4.79 Å². The Labute approximate surface area is 109 Å². The Morgan fingerprint density at radius 2 is 2.00 bits per heavy atom. The zero-order valence-electron chi connectivity index (χ0n) is 11.8. The smallest absolute Gasteiger partial charge is 0.311 e. The van der Waals surface area contributed by atoms with E-state index < -0.39 is 0 Å². The first-order valence-corrected chi connectivity index (χ1v) is 7.07. The van der Waals surface area contributed by atoms with E-state index in [1.54, 1.807) is 0 Å². The summed E-state index contributed by atoms with van der Waals surface area (Å²) in [6.07, 6.45) is 5.16. The van der Waals surface area contributed by atoms with Gasteiger partial charge in [0.1, 0.15) is 0 Å². The monoisotopic (exact) mass is 261 g/mol. The largest absolute Gasteiger partial charge is 0.468 e. The molecule has 0 radical (unpaired) electrons. The first kappa shape index (κ1) is 16.9. The minimum absolute atomic E-state index is 0.0793. The van der Waals surface area contributed by atoms with E-state index in [1.165, 1.54) is 19.3 Å². The minimum atomic E-state index is -0.0793. The van der Waals surface area contributed by atoms with Crippen LogP contribution in [0.15, 0.2) is 0 Å². The van der Waals surface area contributed by atoms with Crippen molar-refractivity contribution in [3.8, 4) is 0 Å². The minimum Gasteiger partial charge on any atom is -0.468 e. The molecule has 1 unspecified atom stereocenters. The Morgan fingerprint density at radius 1 is 1.35 bits per heavy atom. The van der Waals surface area contributed by atoms with Crippen LogP contribution in [-0.2, 0) is 9.53 Å². The fourth-order valence-electron chi connectivity index (χ4n) is 1.55. The Morgan fingerprint density at radius 3 is 2.47 bits per heavy atom. The maximum atomic E-state index is 11.5. The molecule has 0 saturated carbocycles. The molecule has 0 heterocycles. The standard InChI is InChI=1S/C13H28NO2P/c1-5-7-8-12(6-2)11-16-13(15)9-10-14(3,4)17/h12,17H,5-11H2,1-4H3. The first-order valence-electron chi connectivity index (χ1n) is 6.62. The summed E-state index contributed by atoms with van der Waals surface area (Å²) in [6, 6.07) is 0. The Bertz CT molecular complexity index is 214. The van der Waals surface area contributed by atoms with Crippen LogP contribution in [0.5, 0.6) is 0 Å². The number of quaternary nitrogens is 1. The van der Waals surface area contributed by atoms with Crippen LogP contribution in [0.2, 0.25) is 0 Å². The van der Waals surface area contributed by atoms with Gasteiger partial charge < -0.3 is 8.99 Å². The molecule has 0 aliphatic heterocycles. The highest BCUT2D eigenvalue weighted by atomic mass is 31.0. The van der Waals surface area contributed by atoms with Crippen LogP contribution < -0.4 is 0 Å². The second kappa shape index (κ2) is 8.88. The van der Waals surface area contributed by atoms with E-state index in [1.807, 2.05) is 14.1 Å². The molecule has 0 bridgehead atoms. The lowest BCUT2D eigenvalue weighted by molar-refractivity contribution is -0.754. The van der Waals surface area contributed by atoms with E-state index in [-0.39, 0.29) is 5.97 Å². The number of ether oxygens (including phenoxy) is 1. The molecule has 0 aromatic carbocycles. The second-order valence-electron chi connectivity index (χ2n) is 5.26. The molecular formula is C13H28NO2P. The maximum absolute atomic E-state index is 11.5. The summed E-state index contributed by atoms with van der Waals surface area (Å²) < 4.78 is 5.93.